The van der Waals surface area contributed by atoms with Crippen LogP contribution >= 0.6 is 0 Å². The third-order valence-electron chi connectivity index (χ3n) is 3.53. The van der Waals surface area contributed by atoms with Gasteiger partial charge >= 0.3 is 5.97 Å². The Morgan fingerprint density at radius 3 is 2.83 bits per heavy atom. The topological polar surface area (TPSA) is 47.6 Å². The van der Waals surface area contributed by atoms with Crippen LogP contribution < -0.4 is 5.32 Å². The van der Waals surface area contributed by atoms with Crippen LogP contribution in [0.1, 0.15) is 46.5 Å². The summed E-state index contributed by atoms with van der Waals surface area (Å²) in [6.45, 7) is 7.53. The van der Waals surface area contributed by atoms with Crippen molar-refractivity contribution >= 4 is 5.97 Å². The maximum atomic E-state index is 11.9. The molecule has 0 amide bonds. The van der Waals surface area contributed by atoms with Crippen molar-refractivity contribution in [1.29, 1.82) is 0 Å². The largest absolute Gasteiger partial charge is 0.459 e. The summed E-state index contributed by atoms with van der Waals surface area (Å²) in [5.74, 6) is 0.433. The van der Waals surface area contributed by atoms with Gasteiger partial charge in [-0.25, -0.2) is 0 Å². The molecule has 3 unspecified atom stereocenters. The van der Waals surface area contributed by atoms with Gasteiger partial charge in [-0.15, -0.1) is 0 Å². The highest BCUT2D eigenvalue weighted by Gasteiger charge is 2.34. The van der Waals surface area contributed by atoms with E-state index in [1.807, 2.05) is 20.8 Å². The van der Waals surface area contributed by atoms with Crippen molar-refractivity contribution in [1.82, 2.24) is 5.32 Å². The zero-order valence-electron chi connectivity index (χ0n) is 11.7. The van der Waals surface area contributed by atoms with Gasteiger partial charge in [0.25, 0.3) is 0 Å². The lowest BCUT2D eigenvalue weighted by Gasteiger charge is -2.22. The first kappa shape index (κ1) is 13.8. The van der Waals surface area contributed by atoms with Crippen LogP contribution in [0.3, 0.4) is 0 Å². The molecule has 2 aliphatic rings. The van der Waals surface area contributed by atoms with Crippen LogP contribution in [-0.2, 0) is 14.3 Å². The van der Waals surface area contributed by atoms with Crippen molar-refractivity contribution in [3.63, 3.8) is 0 Å². The molecule has 0 bridgehead atoms. The molecule has 0 saturated carbocycles. The zero-order valence-corrected chi connectivity index (χ0v) is 11.7. The highest BCUT2D eigenvalue weighted by molar-refractivity contribution is 5.76. The predicted molar refractivity (Wildman–Crippen MR) is 69.3 cm³/mol. The normalized spacial score (nSPS) is 32.7. The lowest BCUT2D eigenvalue weighted by molar-refractivity contribution is -0.157. The fourth-order valence-electron chi connectivity index (χ4n) is 2.74. The van der Waals surface area contributed by atoms with Gasteiger partial charge in [0.2, 0.25) is 0 Å². The molecule has 18 heavy (non-hydrogen) atoms. The Morgan fingerprint density at radius 1 is 1.44 bits per heavy atom. The molecule has 2 heterocycles. The molecule has 4 nitrogen and oxygen atoms in total. The van der Waals surface area contributed by atoms with Gasteiger partial charge < -0.3 is 14.8 Å². The molecule has 2 saturated heterocycles. The van der Waals surface area contributed by atoms with E-state index in [0.717, 1.165) is 26.0 Å². The Bertz CT molecular complexity index is 292. The van der Waals surface area contributed by atoms with Crippen LogP contribution in [0.15, 0.2) is 0 Å². The van der Waals surface area contributed by atoms with Gasteiger partial charge in [-0.2, -0.15) is 0 Å². The quantitative estimate of drug-likeness (QED) is 0.782. The number of hydrogen-bond donors (Lipinski definition) is 1. The van der Waals surface area contributed by atoms with Gasteiger partial charge in [-0.05, 0) is 58.9 Å². The van der Waals surface area contributed by atoms with Crippen molar-refractivity contribution in [2.45, 2.75) is 64.2 Å². The molecule has 0 aliphatic carbocycles. The van der Waals surface area contributed by atoms with Crippen LogP contribution in [-0.4, -0.2) is 36.9 Å². The lowest BCUT2D eigenvalue weighted by atomic mass is 9.97. The Hall–Kier alpha value is -0.610. The summed E-state index contributed by atoms with van der Waals surface area (Å²) < 4.78 is 11.1. The molecule has 2 fully saturated rings. The second-order valence-electron chi connectivity index (χ2n) is 6.47. The fraction of sp³-hybridized carbons (Fsp3) is 0.929. The highest BCUT2D eigenvalue weighted by Crippen LogP contribution is 2.26. The SMILES string of the molecule is CC(C)(C)OC(=O)C1CC(CC2CCCO2)CN1. The highest BCUT2D eigenvalue weighted by atomic mass is 16.6. The molecule has 0 radical (unpaired) electrons. The van der Waals surface area contributed by atoms with E-state index in [1.54, 1.807) is 0 Å². The molecule has 4 heteroatoms. The van der Waals surface area contributed by atoms with Gasteiger partial charge in [0, 0.05) is 6.61 Å². The number of rotatable bonds is 3. The summed E-state index contributed by atoms with van der Waals surface area (Å²) in [6.07, 6.45) is 4.73. The number of hydrogen-bond acceptors (Lipinski definition) is 4. The Balaban J connectivity index is 1.75. The first-order chi connectivity index (χ1) is 8.44. The summed E-state index contributed by atoms with van der Waals surface area (Å²) in [5.41, 5.74) is -0.397. The first-order valence-electron chi connectivity index (χ1n) is 7.02. The van der Waals surface area contributed by atoms with Crippen LogP contribution in [0.5, 0.6) is 0 Å². The number of carbonyl (C=O) groups excluding carboxylic acids is 1. The first-order valence-corrected chi connectivity index (χ1v) is 7.02. The zero-order chi connectivity index (χ0) is 13.2. The van der Waals surface area contributed by atoms with Crippen molar-refractivity contribution in [2.75, 3.05) is 13.2 Å². The maximum absolute atomic E-state index is 11.9. The van der Waals surface area contributed by atoms with Gasteiger partial charge in [0.15, 0.2) is 0 Å². The summed E-state index contributed by atoms with van der Waals surface area (Å²) in [4.78, 5) is 11.9. The standard InChI is InChI=1S/C14H25NO3/c1-14(2,3)18-13(16)12-8-10(9-15-12)7-11-5-4-6-17-11/h10-12,15H,4-9H2,1-3H3. The summed E-state index contributed by atoms with van der Waals surface area (Å²) in [5, 5.41) is 3.27. The molecule has 2 aliphatic heterocycles. The number of carbonyl (C=O) groups is 1. The smallest absolute Gasteiger partial charge is 0.323 e. The van der Waals surface area contributed by atoms with Gasteiger partial charge in [0.05, 0.1) is 6.10 Å². The third-order valence-corrected chi connectivity index (χ3v) is 3.53. The van der Waals surface area contributed by atoms with Gasteiger partial charge in [-0.1, -0.05) is 0 Å². The maximum Gasteiger partial charge on any atom is 0.323 e. The molecule has 0 aromatic carbocycles. The van der Waals surface area contributed by atoms with E-state index in [0.29, 0.717) is 12.0 Å². The summed E-state index contributed by atoms with van der Waals surface area (Å²) in [6, 6.07) is -0.129. The van der Waals surface area contributed by atoms with E-state index in [9.17, 15) is 4.79 Å². The molecule has 0 spiro atoms. The second-order valence-corrected chi connectivity index (χ2v) is 6.47. The Morgan fingerprint density at radius 2 is 2.22 bits per heavy atom. The van der Waals surface area contributed by atoms with Crippen molar-refractivity contribution in [3.05, 3.63) is 0 Å². The van der Waals surface area contributed by atoms with Crippen molar-refractivity contribution < 1.29 is 14.3 Å². The van der Waals surface area contributed by atoms with Crippen molar-refractivity contribution in [3.8, 4) is 0 Å². The minimum atomic E-state index is -0.397. The average molecular weight is 255 g/mol. The van der Waals surface area contributed by atoms with Crippen LogP contribution in [0.4, 0.5) is 0 Å². The van der Waals surface area contributed by atoms with E-state index < -0.39 is 5.60 Å². The molecule has 2 rings (SSSR count). The molecule has 1 N–H and O–H groups in total. The van der Waals surface area contributed by atoms with Gasteiger partial charge in [-0.3, -0.25) is 4.79 Å². The monoisotopic (exact) mass is 255 g/mol. The summed E-state index contributed by atoms with van der Waals surface area (Å²) in [7, 11) is 0. The van der Waals surface area contributed by atoms with E-state index in [2.05, 4.69) is 5.32 Å². The van der Waals surface area contributed by atoms with Crippen molar-refractivity contribution in [2.24, 2.45) is 5.92 Å². The van der Waals surface area contributed by atoms with Crippen LogP contribution in [0.25, 0.3) is 0 Å². The van der Waals surface area contributed by atoms with Gasteiger partial charge in [0.1, 0.15) is 11.6 Å². The van der Waals surface area contributed by atoms with Crippen LogP contribution in [0.2, 0.25) is 0 Å². The summed E-state index contributed by atoms with van der Waals surface area (Å²) >= 11 is 0. The number of esters is 1. The molecule has 104 valence electrons. The molecule has 0 aromatic rings. The molecular formula is C14H25NO3. The fourth-order valence-corrected chi connectivity index (χ4v) is 2.74. The van der Waals surface area contributed by atoms with E-state index in [1.165, 1.54) is 12.8 Å². The lowest BCUT2D eigenvalue weighted by Crippen LogP contribution is -2.37. The van der Waals surface area contributed by atoms with Crippen LogP contribution in [0, 0.1) is 5.92 Å². The Labute approximate surface area is 109 Å². The second kappa shape index (κ2) is 5.57. The minimum Gasteiger partial charge on any atom is -0.459 e. The number of ether oxygens (including phenoxy) is 2. The Kier molecular flexibility index (Phi) is 4.28. The molecular weight excluding hydrogens is 230 g/mol. The van der Waals surface area contributed by atoms with E-state index in [-0.39, 0.29) is 12.0 Å². The molecule has 3 atom stereocenters. The minimum absolute atomic E-state index is 0.114. The van der Waals surface area contributed by atoms with E-state index in [4.69, 9.17) is 9.47 Å². The third kappa shape index (κ3) is 3.95. The number of nitrogens with one attached hydrogen (secondary N) is 1. The van der Waals surface area contributed by atoms with E-state index >= 15 is 0 Å². The predicted octanol–water partition coefficient (Wildman–Crippen LogP) is 1.88. The average Bonchev–Trinajstić information content (AvgIpc) is 2.86. The molecule has 0 aromatic heterocycles.